The lowest BCUT2D eigenvalue weighted by Gasteiger charge is -2.36. The highest BCUT2D eigenvalue weighted by Gasteiger charge is 2.56. The van der Waals surface area contributed by atoms with Gasteiger partial charge in [-0.05, 0) is 110 Å². The standard InChI is InChI=1S/C45H54N6O7/c1-7-49-38-13-12-28-20-34(38)35(40(49)32-10-8-14-46-39(32)25(2)57-6)22-45(4,5)24-58-44(56)36-11-9-15-51(48-36)43(55)37(18-27-16-29(28)19-31(53)17-27)47-42(54)41-33-21-30(33)23-50(41)26(3)52/h8,10,12-14,16-17,19-20,25,30,33,36-37,41,48,53H,7,9,11,15,18,21-24H2,1-6H3,(H,47,54)/t25-,30-,33-,36-,37-,41-/m0/s1. The van der Waals surface area contributed by atoms with E-state index in [-0.39, 0.29) is 42.6 Å². The summed E-state index contributed by atoms with van der Waals surface area (Å²) >= 11 is 0. The van der Waals surface area contributed by atoms with Crippen molar-refractivity contribution in [3.05, 3.63) is 71.5 Å². The number of ether oxygens (including phenoxy) is 2. The first kappa shape index (κ1) is 39.6. The van der Waals surface area contributed by atoms with Crippen LogP contribution in [0, 0.1) is 17.3 Å². The summed E-state index contributed by atoms with van der Waals surface area (Å²) in [5.74, 6) is -1.02. The molecule has 1 saturated carbocycles. The number of esters is 1. The van der Waals surface area contributed by atoms with Crippen molar-refractivity contribution in [3.63, 3.8) is 0 Å². The summed E-state index contributed by atoms with van der Waals surface area (Å²) in [4.78, 5) is 61.2. The Kier molecular flexibility index (Phi) is 10.6. The van der Waals surface area contributed by atoms with E-state index in [1.807, 2.05) is 25.1 Å². The Labute approximate surface area is 339 Å². The number of phenolic OH excluding ortho intramolecular Hbond substituents is 1. The number of aromatic hydroxyl groups is 1. The zero-order chi connectivity index (χ0) is 41.0. The summed E-state index contributed by atoms with van der Waals surface area (Å²) < 4.78 is 14.2. The Hall–Kier alpha value is -5.27. The molecule has 0 unspecified atom stereocenters. The SMILES string of the molecule is CCn1c(-c2cccnc2[C@H](C)OC)c2c3cc(ccc31)-c1cc(O)cc(c1)C[C@H](NC(=O)[C@@H]1[C@H]3C[C@H]3CN1C(C)=O)C(=O)N1CCC[C@H](N1)C(=O)OCC(C)(C)C2. The maximum absolute atomic E-state index is 14.4. The molecule has 2 saturated heterocycles. The van der Waals surface area contributed by atoms with E-state index in [9.17, 15) is 24.3 Å². The first-order valence-corrected chi connectivity index (χ1v) is 20.5. The van der Waals surface area contributed by atoms with Gasteiger partial charge in [0.25, 0.3) is 5.91 Å². The molecule has 58 heavy (non-hydrogen) atoms. The summed E-state index contributed by atoms with van der Waals surface area (Å²) in [5.41, 5.74) is 9.80. The Bertz CT molecular complexity index is 2280. The van der Waals surface area contributed by atoms with Gasteiger partial charge in [-0.15, -0.1) is 0 Å². The predicted octanol–water partition coefficient (Wildman–Crippen LogP) is 5.32. The zero-order valence-corrected chi connectivity index (χ0v) is 34.2. The lowest BCUT2D eigenvalue weighted by Crippen LogP contribution is -2.61. The fourth-order valence-corrected chi connectivity index (χ4v) is 9.45. The molecule has 6 atom stereocenters. The Morgan fingerprint density at radius 1 is 1.14 bits per heavy atom. The quantitative estimate of drug-likeness (QED) is 0.220. The maximum atomic E-state index is 14.4. The van der Waals surface area contributed by atoms with E-state index in [1.165, 1.54) is 11.9 Å². The number of pyridine rings is 1. The highest BCUT2D eigenvalue weighted by atomic mass is 16.5. The van der Waals surface area contributed by atoms with Crippen molar-refractivity contribution < 1.29 is 33.8 Å². The molecule has 1 aliphatic carbocycles. The van der Waals surface area contributed by atoms with Gasteiger partial charge >= 0.3 is 5.97 Å². The topological polar surface area (TPSA) is 155 Å². The number of cyclic esters (lactones) is 1. The van der Waals surface area contributed by atoms with Gasteiger partial charge in [0.2, 0.25) is 11.8 Å². The molecule has 306 valence electrons. The number of hydrogen-bond donors (Lipinski definition) is 3. The van der Waals surface area contributed by atoms with Crippen LogP contribution < -0.4 is 10.7 Å². The zero-order valence-electron chi connectivity index (χ0n) is 34.2. The minimum Gasteiger partial charge on any atom is -0.508 e. The van der Waals surface area contributed by atoms with Gasteiger partial charge in [0.05, 0.1) is 24.1 Å². The minimum atomic E-state index is -1.05. The van der Waals surface area contributed by atoms with E-state index in [1.54, 1.807) is 30.3 Å². The van der Waals surface area contributed by atoms with E-state index in [0.717, 1.165) is 51.0 Å². The summed E-state index contributed by atoms with van der Waals surface area (Å²) in [6.07, 6.45) is 4.06. The van der Waals surface area contributed by atoms with Crippen LogP contribution in [0.2, 0.25) is 0 Å². The lowest BCUT2D eigenvalue weighted by molar-refractivity contribution is -0.155. The molecular weight excluding hydrogens is 737 g/mol. The Morgan fingerprint density at radius 3 is 2.71 bits per heavy atom. The molecule has 8 rings (SSSR count). The largest absolute Gasteiger partial charge is 0.508 e. The number of nitrogens with one attached hydrogen (secondary N) is 2. The van der Waals surface area contributed by atoms with Gasteiger partial charge in [-0.1, -0.05) is 26.0 Å². The number of aryl methyl sites for hydroxylation is 1. The number of hydrogen-bond acceptors (Lipinski definition) is 9. The first-order chi connectivity index (χ1) is 27.8. The van der Waals surface area contributed by atoms with Crippen LogP contribution >= 0.6 is 0 Å². The number of fused-ring (bicyclic) bond motifs is 7. The van der Waals surface area contributed by atoms with Crippen LogP contribution in [0.3, 0.4) is 0 Å². The van der Waals surface area contributed by atoms with Gasteiger partial charge < -0.3 is 29.4 Å². The second kappa shape index (κ2) is 15.5. The number of carbonyl (C=O) groups is 4. The fourth-order valence-electron chi connectivity index (χ4n) is 9.45. The number of phenols is 1. The van der Waals surface area contributed by atoms with Crippen LogP contribution in [0.15, 0.2) is 54.7 Å². The molecule has 3 fully saturated rings. The van der Waals surface area contributed by atoms with Gasteiger partial charge in [0.1, 0.15) is 23.9 Å². The Balaban J connectivity index is 1.26. The number of carbonyl (C=O) groups excluding carboxylic acids is 4. The molecular formula is C45H54N6O7. The summed E-state index contributed by atoms with van der Waals surface area (Å²) in [6.45, 7) is 11.4. The smallest absolute Gasteiger partial charge is 0.324 e. The van der Waals surface area contributed by atoms with Gasteiger partial charge in [0.15, 0.2) is 0 Å². The molecule has 13 nitrogen and oxygen atoms in total. The molecule has 2 aromatic carbocycles. The lowest BCUT2D eigenvalue weighted by atomic mass is 9.84. The van der Waals surface area contributed by atoms with E-state index in [2.05, 4.69) is 54.3 Å². The predicted molar refractivity (Wildman–Crippen MR) is 218 cm³/mol. The van der Waals surface area contributed by atoms with E-state index >= 15 is 0 Å². The summed E-state index contributed by atoms with van der Waals surface area (Å²) in [5, 5.41) is 16.7. The van der Waals surface area contributed by atoms with Gasteiger partial charge in [-0.2, -0.15) is 0 Å². The average Bonchev–Trinajstić information content (AvgIpc) is 3.76. The molecule has 4 aromatic rings. The summed E-state index contributed by atoms with van der Waals surface area (Å²) in [7, 11) is 1.68. The normalized spacial score (nSPS) is 24.8. The number of piperidine rings is 1. The highest BCUT2D eigenvalue weighted by molar-refractivity contribution is 5.96. The van der Waals surface area contributed by atoms with Crippen molar-refractivity contribution in [2.45, 2.75) is 97.5 Å². The second-order valence-electron chi connectivity index (χ2n) is 17.3. The third-order valence-electron chi connectivity index (χ3n) is 12.5. The van der Waals surface area contributed by atoms with E-state index < -0.39 is 35.4 Å². The maximum Gasteiger partial charge on any atom is 0.324 e. The first-order valence-electron chi connectivity index (χ1n) is 20.5. The van der Waals surface area contributed by atoms with Crippen molar-refractivity contribution in [1.29, 1.82) is 0 Å². The average molecular weight is 791 g/mol. The molecule has 5 heterocycles. The molecule has 0 radical (unpaired) electrons. The minimum absolute atomic E-state index is 0.0273. The number of hydrazine groups is 1. The Morgan fingerprint density at radius 2 is 1.95 bits per heavy atom. The molecule has 0 spiro atoms. The van der Waals surface area contributed by atoms with Crippen LogP contribution in [-0.4, -0.2) is 93.2 Å². The number of benzene rings is 2. The number of amides is 3. The van der Waals surface area contributed by atoms with Crippen LogP contribution in [0.1, 0.15) is 76.8 Å². The van der Waals surface area contributed by atoms with Crippen molar-refractivity contribution in [3.8, 4) is 28.1 Å². The van der Waals surface area contributed by atoms with E-state index in [4.69, 9.17) is 14.5 Å². The second-order valence-corrected chi connectivity index (χ2v) is 17.3. The van der Waals surface area contributed by atoms with E-state index in [0.29, 0.717) is 50.4 Å². The van der Waals surface area contributed by atoms with Crippen LogP contribution in [0.4, 0.5) is 0 Å². The number of aromatic nitrogens is 2. The van der Waals surface area contributed by atoms with Gasteiger partial charge in [-0.25, -0.2) is 5.43 Å². The van der Waals surface area contributed by atoms with Gasteiger partial charge in [0, 0.05) is 68.2 Å². The molecule has 3 amide bonds. The summed E-state index contributed by atoms with van der Waals surface area (Å²) in [6, 6.07) is 13.1. The molecule has 6 bridgehead atoms. The fraction of sp³-hybridized carbons (Fsp3) is 0.489. The van der Waals surface area contributed by atoms with Crippen molar-refractivity contribution in [2.75, 3.05) is 26.8 Å². The molecule has 3 aliphatic heterocycles. The number of methoxy groups -OCH3 is 1. The van der Waals surface area contributed by atoms with Crippen molar-refractivity contribution in [2.24, 2.45) is 17.3 Å². The molecule has 3 N–H and O–H groups in total. The molecule has 13 heteroatoms. The van der Waals surface area contributed by atoms with Crippen molar-refractivity contribution in [1.82, 2.24) is 30.2 Å². The van der Waals surface area contributed by atoms with Crippen molar-refractivity contribution >= 4 is 34.6 Å². The third-order valence-corrected chi connectivity index (χ3v) is 12.5. The highest BCUT2D eigenvalue weighted by Crippen LogP contribution is 2.49. The molecule has 2 aromatic heterocycles. The third kappa shape index (κ3) is 7.45. The number of rotatable bonds is 6. The van der Waals surface area contributed by atoms with Crippen LogP contribution in [0.5, 0.6) is 5.75 Å². The van der Waals surface area contributed by atoms with Gasteiger partial charge in [-0.3, -0.25) is 29.2 Å². The number of likely N-dealkylation sites (tertiary alicyclic amines) is 1. The monoisotopic (exact) mass is 790 g/mol. The number of nitrogens with zero attached hydrogens (tertiary/aromatic N) is 4. The van der Waals surface area contributed by atoms with Crippen LogP contribution in [-0.2, 0) is 48.0 Å². The van der Waals surface area contributed by atoms with Crippen LogP contribution in [0.25, 0.3) is 33.3 Å². The molecule has 4 aliphatic rings.